The molecule has 0 aliphatic heterocycles. The van der Waals surface area contributed by atoms with E-state index in [0.29, 0.717) is 0 Å². The monoisotopic (exact) mass is 113 g/mol. The molecular weight excluding hydrogens is 98.1 g/mol. The Kier molecular flexibility index (Phi) is 12.3. The summed E-state index contributed by atoms with van der Waals surface area (Å²) in [4.78, 5) is 0. The van der Waals surface area contributed by atoms with Crippen LogP contribution in [0.2, 0.25) is 0 Å². The topological polar surface area (TPSA) is 26.0 Å². The van der Waals surface area contributed by atoms with Gasteiger partial charge in [-0.2, -0.15) is 0 Å². The third-order valence-electron chi connectivity index (χ3n) is 0.381. The second-order valence-electron chi connectivity index (χ2n) is 1.21. The largest absolute Gasteiger partial charge is 0.405 e. The maximum atomic E-state index is 4.99. The lowest BCUT2D eigenvalue weighted by atomic mass is 10.3. The Morgan fingerprint density at radius 2 is 1.88 bits per heavy atom. The van der Waals surface area contributed by atoms with Crippen molar-refractivity contribution in [1.82, 2.24) is 0 Å². The highest BCUT2D eigenvalue weighted by atomic mass is 14.5. The molecule has 0 radical (unpaired) electrons. The Labute approximate surface area is 51.9 Å². The molecule has 1 heteroatoms. The SMILES string of the molecule is C=C(C)/C=C\N.CC. The van der Waals surface area contributed by atoms with Crippen LogP contribution in [0.3, 0.4) is 0 Å². The van der Waals surface area contributed by atoms with E-state index in [9.17, 15) is 0 Å². The van der Waals surface area contributed by atoms with Gasteiger partial charge in [0.05, 0.1) is 0 Å². The van der Waals surface area contributed by atoms with Crippen molar-refractivity contribution in [3.05, 3.63) is 24.4 Å². The molecule has 0 fully saturated rings. The fraction of sp³-hybridized carbons (Fsp3) is 0.429. The van der Waals surface area contributed by atoms with Gasteiger partial charge in [-0.25, -0.2) is 0 Å². The number of hydrogen-bond donors (Lipinski definition) is 1. The second kappa shape index (κ2) is 9.56. The van der Waals surface area contributed by atoms with Gasteiger partial charge in [0.25, 0.3) is 0 Å². The van der Waals surface area contributed by atoms with Crippen molar-refractivity contribution < 1.29 is 0 Å². The van der Waals surface area contributed by atoms with Gasteiger partial charge in [0.2, 0.25) is 0 Å². The molecule has 0 saturated heterocycles. The molecule has 0 aromatic heterocycles. The third-order valence-corrected chi connectivity index (χ3v) is 0.381. The van der Waals surface area contributed by atoms with E-state index in [1.54, 1.807) is 6.08 Å². The first kappa shape index (κ1) is 10.3. The lowest BCUT2D eigenvalue weighted by Gasteiger charge is -1.76. The minimum atomic E-state index is 0.984. The van der Waals surface area contributed by atoms with Crippen LogP contribution in [0, 0.1) is 0 Å². The van der Waals surface area contributed by atoms with Gasteiger partial charge in [-0.15, -0.1) is 0 Å². The summed E-state index contributed by atoms with van der Waals surface area (Å²) in [6.45, 7) is 9.47. The van der Waals surface area contributed by atoms with Crippen LogP contribution < -0.4 is 5.73 Å². The predicted octanol–water partition coefficient (Wildman–Crippen LogP) is 2.06. The van der Waals surface area contributed by atoms with E-state index < -0.39 is 0 Å². The molecule has 0 aliphatic rings. The van der Waals surface area contributed by atoms with Crippen LogP contribution in [0.15, 0.2) is 24.4 Å². The van der Waals surface area contributed by atoms with E-state index >= 15 is 0 Å². The quantitative estimate of drug-likeness (QED) is 0.517. The Morgan fingerprint density at radius 3 is 1.88 bits per heavy atom. The zero-order valence-electron chi connectivity index (χ0n) is 5.94. The van der Waals surface area contributed by atoms with Crippen molar-refractivity contribution in [2.24, 2.45) is 5.73 Å². The molecule has 48 valence electrons. The van der Waals surface area contributed by atoms with Crippen molar-refractivity contribution in [1.29, 1.82) is 0 Å². The van der Waals surface area contributed by atoms with Crippen molar-refractivity contribution >= 4 is 0 Å². The smallest absolute Gasteiger partial charge is 0.00599 e. The van der Waals surface area contributed by atoms with Gasteiger partial charge in [0, 0.05) is 0 Å². The molecule has 0 unspecified atom stereocenters. The van der Waals surface area contributed by atoms with E-state index in [1.165, 1.54) is 6.20 Å². The van der Waals surface area contributed by atoms with Gasteiger partial charge >= 0.3 is 0 Å². The fourth-order valence-electron chi connectivity index (χ4n) is 0.164. The first-order valence-electron chi connectivity index (χ1n) is 2.81. The molecule has 0 saturated carbocycles. The highest BCUT2D eigenvalue weighted by Crippen LogP contribution is 1.83. The summed E-state index contributed by atoms with van der Waals surface area (Å²) in [7, 11) is 0. The zero-order chi connectivity index (χ0) is 6.99. The highest BCUT2D eigenvalue weighted by Gasteiger charge is 1.64. The Morgan fingerprint density at radius 1 is 1.50 bits per heavy atom. The van der Waals surface area contributed by atoms with Crippen LogP contribution >= 0.6 is 0 Å². The van der Waals surface area contributed by atoms with Gasteiger partial charge in [-0.05, 0) is 19.2 Å². The lowest BCUT2D eigenvalue weighted by Crippen LogP contribution is -1.74. The first-order chi connectivity index (χ1) is 3.77. The highest BCUT2D eigenvalue weighted by molar-refractivity contribution is 5.08. The molecule has 0 rings (SSSR count). The molecule has 0 aromatic rings. The van der Waals surface area contributed by atoms with Gasteiger partial charge in [0.1, 0.15) is 0 Å². The standard InChI is InChI=1S/C5H9N.C2H6/c1-5(2)3-4-6;1-2/h3-4H,1,6H2,2H3;1-2H3/b4-3-;. The van der Waals surface area contributed by atoms with Crippen LogP contribution in [-0.2, 0) is 0 Å². The summed E-state index contributed by atoms with van der Waals surface area (Å²) < 4.78 is 0. The molecule has 0 spiro atoms. The minimum Gasteiger partial charge on any atom is -0.405 e. The Hall–Kier alpha value is -0.720. The minimum absolute atomic E-state index is 0.984. The molecular formula is C7H15N. The van der Waals surface area contributed by atoms with E-state index in [2.05, 4.69) is 6.58 Å². The second-order valence-corrected chi connectivity index (χ2v) is 1.21. The molecule has 0 aliphatic carbocycles. The van der Waals surface area contributed by atoms with E-state index in [0.717, 1.165) is 5.57 Å². The van der Waals surface area contributed by atoms with Gasteiger partial charge in [-0.1, -0.05) is 26.0 Å². The number of nitrogens with two attached hydrogens (primary N) is 1. The average Bonchev–Trinajstić information content (AvgIpc) is 1.72. The first-order valence-corrected chi connectivity index (χ1v) is 2.81. The zero-order valence-corrected chi connectivity index (χ0v) is 5.94. The average molecular weight is 113 g/mol. The molecule has 2 N–H and O–H groups in total. The van der Waals surface area contributed by atoms with Crippen molar-refractivity contribution in [3.8, 4) is 0 Å². The Balaban J connectivity index is 0. The summed E-state index contributed by atoms with van der Waals surface area (Å²) in [5.74, 6) is 0. The summed E-state index contributed by atoms with van der Waals surface area (Å²) in [5.41, 5.74) is 5.97. The molecule has 0 aromatic carbocycles. The van der Waals surface area contributed by atoms with Crippen molar-refractivity contribution in [2.75, 3.05) is 0 Å². The van der Waals surface area contributed by atoms with Crippen LogP contribution in [0.1, 0.15) is 20.8 Å². The number of rotatable bonds is 1. The Bertz CT molecular complexity index is 72.5. The molecule has 0 bridgehead atoms. The van der Waals surface area contributed by atoms with Gasteiger partial charge in [0.15, 0.2) is 0 Å². The van der Waals surface area contributed by atoms with Crippen LogP contribution in [0.4, 0.5) is 0 Å². The fourth-order valence-corrected chi connectivity index (χ4v) is 0.164. The summed E-state index contributed by atoms with van der Waals surface area (Å²) in [6.07, 6.45) is 3.22. The molecule has 0 amide bonds. The molecule has 8 heavy (non-hydrogen) atoms. The van der Waals surface area contributed by atoms with Crippen LogP contribution in [0.25, 0.3) is 0 Å². The molecule has 1 nitrogen and oxygen atoms in total. The maximum Gasteiger partial charge on any atom is -0.00599 e. The maximum absolute atomic E-state index is 4.99. The predicted molar refractivity (Wildman–Crippen MR) is 39.5 cm³/mol. The summed E-state index contributed by atoms with van der Waals surface area (Å²) >= 11 is 0. The van der Waals surface area contributed by atoms with Gasteiger partial charge < -0.3 is 5.73 Å². The van der Waals surface area contributed by atoms with Crippen LogP contribution in [-0.4, -0.2) is 0 Å². The summed E-state index contributed by atoms with van der Waals surface area (Å²) in [6, 6.07) is 0. The summed E-state index contributed by atoms with van der Waals surface area (Å²) in [5, 5.41) is 0. The normalized spacial score (nSPS) is 7.88. The van der Waals surface area contributed by atoms with Gasteiger partial charge in [-0.3, -0.25) is 0 Å². The third kappa shape index (κ3) is 18.6. The van der Waals surface area contributed by atoms with Crippen molar-refractivity contribution in [2.45, 2.75) is 20.8 Å². The molecule has 0 heterocycles. The molecule has 0 atom stereocenters. The lowest BCUT2D eigenvalue weighted by molar-refractivity contribution is 1.50. The van der Waals surface area contributed by atoms with Crippen LogP contribution in [0.5, 0.6) is 0 Å². The van der Waals surface area contributed by atoms with E-state index in [-0.39, 0.29) is 0 Å². The van der Waals surface area contributed by atoms with Crippen molar-refractivity contribution in [3.63, 3.8) is 0 Å². The van der Waals surface area contributed by atoms with E-state index in [4.69, 9.17) is 5.73 Å². The van der Waals surface area contributed by atoms with E-state index in [1.807, 2.05) is 20.8 Å². The number of hydrogen-bond acceptors (Lipinski definition) is 1. The number of allylic oxidation sites excluding steroid dienone is 2.